The molecular formula is C13H23N3O. The van der Waals surface area contributed by atoms with Gasteiger partial charge in [0, 0.05) is 13.2 Å². The maximum absolute atomic E-state index is 9.58. The van der Waals surface area contributed by atoms with Crippen LogP contribution in [0.4, 0.5) is 0 Å². The van der Waals surface area contributed by atoms with Crippen molar-refractivity contribution in [3.8, 4) is 0 Å². The highest BCUT2D eigenvalue weighted by molar-refractivity contribution is 5.03. The van der Waals surface area contributed by atoms with Crippen LogP contribution in [-0.2, 0) is 13.5 Å². The van der Waals surface area contributed by atoms with Crippen LogP contribution in [0.5, 0.6) is 0 Å². The third-order valence-corrected chi connectivity index (χ3v) is 3.54. The van der Waals surface area contributed by atoms with Crippen LogP contribution in [0, 0.1) is 5.92 Å². The molecule has 4 nitrogen and oxygen atoms in total. The molecule has 96 valence electrons. The fraction of sp³-hybridized carbons (Fsp3) is 0.769. The number of rotatable bonds is 5. The van der Waals surface area contributed by atoms with E-state index in [-0.39, 0.29) is 6.10 Å². The molecule has 1 aliphatic carbocycles. The summed E-state index contributed by atoms with van der Waals surface area (Å²) in [4.78, 5) is 0. The molecule has 1 aliphatic rings. The summed E-state index contributed by atoms with van der Waals surface area (Å²) < 4.78 is 1.84. The van der Waals surface area contributed by atoms with Crippen LogP contribution in [0.25, 0.3) is 0 Å². The molecule has 2 N–H and O–H groups in total. The van der Waals surface area contributed by atoms with Gasteiger partial charge >= 0.3 is 0 Å². The Balaban J connectivity index is 1.59. The van der Waals surface area contributed by atoms with Gasteiger partial charge in [-0.15, -0.1) is 0 Å². The van der Waals surface area contributed by atoms with E-state index in [0.717, 1.165) is 32.4 Å². The minimum absolute atomic E-state index is 0.0612. The zero-order valence-electron chi connectivity index (χ0n) is 10.6. The zero-order chi connectivity index (χ0) is 12.1. The first-order valence-electron chi connectivity index (χ1n) is 6.60. The average Bonchev–Trinajstić information content (AvgIpc) is 2.71. The Labute approximate surface area is 103 Å². The molecule has 1 aromatic rings. The normalized spacial score (nSPS) is 25.1. The summed E-state index contributed by atoms with van der Waals surface area (Å²) >= 11 is 0. The van der Waals surface area contributed by atoms with E-state index in [2.05, 4.69) is 16.6 Å². The molecule has 1 aromatic heterocycles. The van der Waals surface area contributed by atoms with Gasteiger partial charge in [-0.25, -0.2) is 0 Å². The molecule has 0 bridgehead atoms. The van der Waals surface area contributed by atoms with Crippen LogP contribution in [0.2, 0.25) is 0 Å². The first-order chi connectivity index (χ1) is 8.24. The lowest BCUT2D eigenvalue weighted by Gasteiger charge is -2.25. The molecule has 0 aliphatic heterocycles. The van der Waals surface area contributed by atoms with Gasteiger partial charge in [-0.1, -0.05) is 6.42 Å². The topological polar surface area (TPSA) is 50.1 Å². The van der Waals surface area contributed by atoms with E-state index in [1.807, 2.05) is 17.9 Å². The minimum Gasteiger partial charge on any atom is -0.393 e. The SMILES string of the molecule is Cn1cc(CCNCC2CCCC(O)C2)cn1. The van der Waals surface area contributed by atoms with Crippen LogP contribution in [0.1, 0.15) is 31.2 Å². The van der Waals surface area contributed by atoms with Crippen LogP contribution in [-0.4, -0.2) is 34.1 Å². The summed E-state index contributed by atoms with van der Waals surface area (Å²) in [6.07, 6.45) is 9.36. The molecule has 0 spiro atoms. The van der Waals surface area contributed by atoms with Gasteiger partial charge in [0.2, 0.25) is 0 Å². The second kappa shape index (κ2) is 6.17. The average molecular weight is 237 g/mol. The maximum Gasteiger partial charge on any atom is 0.0543 e. The van der Waals surface area contributed by atoms with Crippen molar-refractivity contribution in [2.45, 2.75) is 38.2 Å². The van der Waals surface area contributed by atoms with E-state index in [1.165, 1.54) is 18.4 Å². The van der Waals surface area contributed by atoms with E-state index in [0.29, 0.717) is 5.92 Å². The molecule has 2 unspecified atom stereocenters. The summed E-state index contributed by atoms with van der Waals surface area (Å²) in [5.74, 6) is 0.660. The number of nitrogens with zero attached hydrogens (tertiary/aromatic N) is 2. The highest BCUT2D eigenvalue weighted by atomic mass is 16.3. The first-order valence-corrected chi connectivity index (χ1v) is 6.60. The molecule has 1 heterocycles. The van der Waals surface area contributed by atoms with Crippen molar-refractivity contribution in [1.82, 2.24) is 15.1 Å². The van der Waals surface area contributed by atoms with E-state index in [9.17, 15) is 5.11 Å². The number of hydrogen-bond donors (Lipinski definition) is 2. The van der Waals surface area contributed by atoms with Gasteiger partial charge in [0.15, 0.2) is 0 Å². The number of aryl methyl sites for hydroxylation is 1. The Morgan fingerprint density at radius 1 is 1.53 bits per heavy atom. The Morgan fingerprint density at radius 3 is 3.12 bits per heavy atom. The molecular weight excluding hydrogens is 214 g/mol. The molecule has 0 aromatic carbocycles. The lowest BCUT2D eigenvalue weighted by Crippen LogP contribution is -2.30. The molecule has 1 fully saturated rings. The molecule has 17 heavy (non-hydrogen) atoms. The second-order valence-electron chi connectivity index (χ2n) is 5.16. The summed E-state index contributed by atoms with van der Waals surface area (Å²) in [6, 6.07) is 0. The largest absolute Gasteiger partial charge is 0.393 e. The Kier molecular flexibility index (Phi) is 4.57. The smallest absolute Gasteiger partial charge is 0.0543 e. The summed E-state index contributed by atoms with van der Waals surface area (Å²) in [5, 5.41) is 17.2. The predicted octanol–water partition coefficient (Wildman–Crippen LogP) is 1.10. The maximum atomic E-state index is 9.58. The van der Waals surface area contributed by atoms with Gasteiger partial charge in [-0.3, -0.25) is 4.68 Å². The fourth-order valence-electron chi connectivity index (χ4n) is 2.59. The summed E-state index contributed by atoms with van der Waals surface area (Å²) in [6.45, 7) is 2.04. The van der Waals surface area contributed by atoms with Gasteiger partial charge in [0.25, 0.3) is 0 Å². The predicted molar refractivity (Wildman–Crippen MR) is 67.7 cm³/mol. The van der Waals surface area contributed by atoms with Gasteiger partial charge < -0.3 is 10.4 Å². The zero-order valence-corrected chi connectivity index (χ0v) is 10.6. The molecule has 0 radical (unpaired) electrons. The van der Waals surface area contributed by atoms with Crippen molar-refractivity contribution in [2.75, 3.05) is 13.1 Å². The lowest BCUT2D eigenvalue weighted by molar-refractivity contribution is 0.101. The van der Waals surface area contributed by atoms with Crippen molar-refractivity contribution < 1.29 is 5.11 Å². The molecule has 1 saturated carbocycles. The van der Waals surface area contributed by atoms with Crippen LogP contribution < -0.4 is 5.32 Å². The van der Waals surface area contributed by atoms with E-state index >= 15 is 0 Å². The van der Waals surface area contributed by atoms with Crippen LogP contribution in [0.3, 0.4) is 0 Å². The molecule has 4 heteroatoms. The standard InChI is InChI=1S/C13H23N3O/c1-16-10-12(9-15-16)5-6-14-8-11-3-2-4-13(17)7-11/h9-11,13-14,17H,2-8H2,1H3. The quantitative estimate of drug-likeness (QED) is 0.754. The van der Waals surface area contributed by atoms with E-state index in [1.54, 1.807) is 0 Å². The fourth-order valence-corrected chi connectivity index (χ4v) is 2.59. The number of hydrogen-bond acceptors (Lipinski definition) is 3. The minimum atomic E-state index is -0.0612. The lowest BCUT2D eigenvalue weighted by atomic mass is 9.87. The molecule has 2 atom stereocenters. The third-order valence-electron chi connectivity index (χ3n) is 3.54. The molecule has 0 amide bonds. The Morgan fingerprint density at radius 2 is 2.41 bits per heavy atom. The number of aliphatic hydroxyl groups excluding tert-OH is 1. The van der Waals surface area contributed by atoms with Crippen molar-refractivity contribution in [3.63, 3.8) is 0 Å². The van der Waals surface area contributed by atoms with Gasteiger partial charge in [-0.05, 0) is 50.3 Å². The number of aliphatic hydroxyl groups is 1. The number of nitrogens with one attached hydrogen (secondary N) is 1. The van der Waals surface area contributed by atoms with Crippen LogP contribution in [0.15, 0.2) is 12.4 Å². The number of aromatic nitrogens is 2. The molecule has 2 rings (SSSR count). The highest BCUT2D eigenvalue weighted by Crippen LogP contribution is 2.23. The second-order valence-corrected chi connectivity index (χ2v) is 5.16. The van der Waals surface area contributed by atoms with Gasteiger partial charge in [0.1, 0.15) is 0 Å². The monoisotopic (exact) mass is 237 g/mol. The van der Waals surface area contributed by atoms with Crippen LogP contribution >= 0.6 is 0 Å². The molecule has 0 saturated heterocycles. The van der Waals surface area contributed by atoms with Crippen molar-refractivity contribution in [3.05, 3.63) is 18.0 Å². The van der Waals surface area contributed by atoms with E-state index < -0.39 is 0 Å². The Hall–Kier alpha value is -0.870. The van der Waals surface area contributed by atoms with Gasteiger partial charge in [0.05, 0.1) is 12.3 Å². The van der Waals surface area contributed by atoms with Crippen molar-refractivity contribution >= 4 is 0 Å². The van der Waals surface area contributed by atoms with E-state index in [4.69, 9.17) is 0 Å². The van der Waals surface area contributed by atoms with Crippen molar-refractivity contribution in [1.29, 1.82) is 0 Å². The Bertz CT molecular complexity index is 337. The summed E-state index contributed by atoms with van der Waals surface area (Å²) in [5.41, 5.74) is 1.28. The summed E-state index contributed by atoms with van der Waals surface area (Å²) in [7, 11) is 1.94. The van der Waals surface area contributed by atoms with Crippen molar-refractivity contribution in [2.24, 2.45) is 13.0 Å². The third kappa shape index (κ3) is 4.13. The van der Waals surface area contributed by atoms with Gasteiger partial charge in [-0.2, -0.15) is 5.10 Å². The highest BCUT2D eigenvalue weighted by Gasteiger charge is 2.19. The first kappa shape index (κ1) is 12.6.